The zero-order valence-electron chi connectivity index (χ0n) is 43.4. The molecule has 0 radical (unpaired) electrons. The van der Waals surface area contributed by atoms with Gasteiger partial charge in [-0.2, -0.15) is 0 Å². The molecule has 15 nitrogen and oxygen atoms in total. The molecule has 4 rings (SSSR count). The van der Waals surface area contributed by atoms with Gasteiger partial charge in [0.1, 0.15) is 30.1 Å². The molecule has 1 saturated carbocycles. The third-order valence-corrected chi connectivity index (χ3v) is 15.6. The van der Waals surface area contributed by atoms with Gasteiger partial charge in [0.15, 0.2) is 13.2 Å². The number of amides is 1. The van der Waals surface area contributed by atoms with Crippen LogP contribution in [0.2, 0.25) is 0 Å². The molecule has 10 unspecified atom stereocenters. The van der Waals surface area contributed by atoms with Gasteiger partial charge < -0.3 is 43.3 Å². The Labute approximate surface area is 411 Å². The third kappa shape index (κ3) is 16.2. The molecule has 0 aromatic rings. The number of methoxy groups -OCH3 is 3. The molecule has 2 saturated heterocycles. The van der Waals surface area contributed by atoms with E-state index in [0.29, 0.717) is 63.4 Å². The quantitative estimate of drug-likeness (QED) is 0.104. The summed E-state index contributed by atoms with van der Waals surface area (Å²) in [5, 5.41) is 23.5. The van der Waals surface area contributed by atoms with Gasteiger partial charge in [-0.1, -0.05) is 71.1 Å². The molecule has 2 N–H and O–H groups in total. The highest BCUT2D eigenvalue weighted by Gasteiger charge is 2.53. The monoisotopic (exact) mass is 990 g/mol. The van der Waals surface area contributed by atoms with Crippen LogP contribution >= 0.6 is 7.37 Å². The van der Waals surface area contributed by atoms with Gasteiger partial charge in [0.25, 0.3) is 11.7 Å². The van der Waals surface area contributed by atoms with Crippen LogP contribution in [0.1, 0.15) is 126 Å². The number of carbonyl (C=O) groups is 5. The number of aliphatic hydroxyl groups is 2. The molecular weight excluding hydrogens is 906 g/mol. The summed E-state index contributed by atoms with van der Waals surface area (Å²) >= 11 is 0. The second-order valence-corrected chi connectivity index (χ2v) is 23.6. The summed E-state index contributed by atoms with van der Waals surface area (Å²) in [4.78, 5) is 72.2. The fraction of sp³-hybridized carbons (Fsp3) is 0.755. The molecule has 3 fully saturated rings. The van der Waals surface area contributed by atoms with Gasteiger partial charge in [-0.05, 0) is 107 Å². The van der Waals surface area contributed by atoms with Crippen molar-refractivity contribution < 1.29 is 67.0 Å². The minimum atomic E-state index is -2.79. The smallest absolute Gasteiger partial charge is 0.329 e. The number of hydrogen-bond acceptors (Lipinski definition) is 14. The highest BCUT2D eigenvalue weighted by atomic mass is 31.2. The van der Waals surface area contributed by atoms with E-state index in [1.54, 1.807) is 54.4 Å². The Morgan fingerprint density at radius 2 is 1.57 bits per heavy atom. The summed E-state index contributed by atoms with van der Waals surface area (Å²) in [6, 6.07) is -1.16. The van der Waals surface area contributed by atoms with E-state index in [1.165, 1.54) is 12.0 Å². The first kappa shape index (κ1) is 58.4. The molecule has 16 heteroatoms. The van der Waals surface area contributed by atoms with E-state index in [0.717, 1.165) is 12.0 Å². The van der Waals surface area contributed by atoms with Crippen molar-refractivity contribution in [1.82, 2.24) is 4.90 Å². The Balaban J connectivity index is 1.70. The lowest BCUT2D eigenvalue weighted by molar-refractivity contribution is -0.265. The van der Waals surface area contributed by atoms with Crippen LogP contribution in [0, 0.1) is 35.5 Å². The Hall–Kier alpha value is -3.14. The summed E-state index contributed by atoms with van der Waals surface area (Å²) in [7, 11) is 1.76. The average Bonchev–Trinajstić information content (AvgIpc) is 3.30. The third-order valence-electron chi connectivity index (χ3n) is 14.8. The molecule has 0 aromatic heterocycles. The highest BCUT2D eigenvalue weighted by Crippen LogP contribution is 2.45. The van der Waals surface area contributed by atoms with Crippen LogP contribution in [-0.2, 0) is 56.7 Å². The van der Waals surface area contributed by atoms with Crippen LogP contribution in [0.25, 0.3) is 0 Å². The minimum absolute atomic E-state index is 0.0117. The summed E-state index contributed by atoms with van der Waals surface area (Å²) in [5.74, 6) is -8.11. The first-order valence-corrected chi connectivity index (χ1v) is 27.7. The van der Waals surface area contributed by atoms with Crippen molar-refractivity contribution in [3.8, 4) is 0 Å². The van der Waals surface area contributed by atoms with Crippen molar-refractivity contribution in [2.45, 2.75) is 180 Å². The number of ether oxygens (including phenoxy) is 5. The van der Waals surface area contributed by atoms with Crippen LogP contribution in [0.3, 0.4) is 0 Å². The zero-order chi connectivity index (χ0) is 51.4. The van der Waals surface area contributed by atoms with Crippen molar-refractivity contribution in [2.24, 2.45) is 35.5 Å². The molecule has 0 aromatic carbocycles. The number of piperidine rings is 1. The lowest BCUT2D eigenvalue weighted by Gasteiger charge is -2.42. The molecule has 390 valence electrons. The van der Waals surface area contributed by atoms with Crippen LogP contribution < -0.4 is 0 Å². The van der Waals surface area contributed by atoms with Crippen LogP contribution in [0.4, 0.5) is 0 Å². The summed E-state index contributed by atoms with van der Waals surface area (Å²) in [6.07, 6.45) is 11.4. The molecule has 0 spiro atoms. The maximum absolute atomic E-state index is 14.5. The van der Waals surface area contributed by atoms with Crippen molar-refractivity contribution in [3.05, 3.63) is 47.6 Å². The van der Waals surface area contributed by atoms with E-state index >= 15 is 0 Å². The summed E-state index contributed by atoms with van der Waals surface area (Å²) < 4.78 is 48.2. The highest BCUT2D eigenvalue weighted by molar-refractivity contribution is 7.57. The number of fused-ring (bicyclic) bond motifs is 3. The number of carbonyl (C=O) groups excluding carboxylic acids is 5. The average molecular weight is 990 g/mol. The summed E-state index contributed by atoms with van der Waals surface area (Å²) in [6.45, 7) is 15.9. The Morgan fingerprint density at radius 1 is 0.855 bits per heavy atom. The Kier molecular flexibility index (Phi) is 22.5. The number of Topliss-reactive ketones (excluding diaryl/α,β-unsaturated/α-hetero) is 3. The predicted octanol–water partition coefficient (Wildman–Crippen LogP) is 7.74. The number of ketones is 3. The largest absolute Gasteiger partial charge is 0.460 e. The topological polar surface area (TPSA) is 202 Å². The number of rotatable bonds is 8. The lowest BCUT2D eigenvalue weighted by atomic mass is 9.78. The van der Waals surface area contributed by atoms with Crippen LogP contribution in [0.5, 0.6) is 0 Å². The van der Waals surface area contributed by atoms with Gasteiger partial charge in [0, 0.05) is 71.8 Å². The number of aliphatic hydroxyl groups excluding tert-OH is 1. The SMILES string of the molecule is COC1CC(CC(C)[C@@H]2CC(=O)C(C)/C=C(\C)C(O)[C@@H](OC)C(=O)C(C)C[C@H](C)/C=C/C=C/C=C(\C)[C@@H](OC)C[C@@H]3CCC(C)C(O)(O3)C(=O)C(=O)N3CCCCC3C(=O)O2)CCC1OP(C)(C)=O. The van der Waals surface area contributed by atoms with Gasteiger partial charge in [-0.15, -0.1) is 0 Å². The maximum Gasteiger partial charge on any atom is 0.329 e. The first-order chi connectivity index (χ1) is 32.4. The van der Waals surface area contributed by atoms with Crippen molar-refractivity contribution in [2.75, 3.05) is 41.2 Å². The van der Waals surface area contributed by atoms with E-state index in [1.807, 2.05) is 58.1 Å². The van der Waals surface area contributed by atoms with E-state index in [2.05, 4.69) is 0 Å². The minimum Gasteiger partial charge on any atom is -0.460 e. The van der Waals surface area contributed by atoms with Gasteiger partial charge in [0.05, 0.1) is 24.4 Å². The second-order valence-electron chi connectivity index (χ2n) is 20.9. The number of esters is 1. The molecule has 3 aliphatic heterocycles. The molecule has 4 aliphatic rings. The van der Waals surface area contributed by atoms with E-state index in [9.17, 15) is 38.8 Å². The number of nitrogens with zero attached hydrogens (tertiary/aromatic N) is 1. The van der Waals surface area contributed by atoms with Gasteiger partial charge in [0.2, 0.25) is 5.79 Å². The molecule has 3 heterocycles. The fourth-order valence-electron chi connectivity index (χ4n) is 10.5. The van der Waals surface area contributed by atoms with Crippen LogP contribution in [-0.4, -0.2) is 140 Å². The number of allylic oxidation sites excluding steroid dienone is 6. The Bertz CT molecular complexity index is 1940. The molecule has 1 aliphatic carbocycles. The number of hydrogen-bond donors (Lipinski definition) is 2. The van der Waals surface area contributed by atoms with Gasteiger partial charge in [-0.25, -0.2) is 4.79 Å². The van der Waals surface area contributed by atoms with Gasteiger partial charge in [-0.3, -0.25) is 23.7 Å². The molecular formula is C53H84NO14P. The molecule has 69 heavy (non-hydrogen) atoms. The number of cyclic esters (lactones) is 1. The van der Waals surface area contributed by atoms with E-state index in [4.69, 9.17) is 28.2 Å². The van der Waals surface area contributed by atoms with Crippen molar-refractivity contribution >= 4 is 36.6 Å². The molecule has 15 atom stereocenters. The summed E-state index contributed by atoms with van der Waals surface area (Å²) in [5.41, 5.74) is 1.25. The van der Waals surface area contributed by atoms with E-state index < -0.39 is 85.1 Å². The van der Waals surface area contributed by atoms with Gasteiger partial charge >= 0.3 is 5.97 Å². The van der Waals surface area contributed by atoms with Crippen molar-refractivity contribution in [1.29, 1.82) is 0 Å². The molecule has 1 amide bonds. The maximum atomic E-state index is 14.5. The predicted molar refractivity (Wildman–Crippen MR) is 263 cm³/mol. The zero-order valence-corrected chi connectivity index (χ0v) is 44.3. The molecule has 2 bridgehead atoms. The standard InChI is InChI=1S/C53H84NO14P/c1-32-18-14-13-15-19-33(2)44(63-8)30-40-23-21-38(7)53(61,67-40)50(58)51(59)54-25-17-16-20-41(54)52(60)66-45(35(4)28-39-22-24-43(46(29-39)64-9)68-69(11,12)62)31-42(55)34(3)27-37(6)48(57)49(65-10)47(56)36(5)26-32/h13-15,18-19,27,32,34-36,38-41,43-46,48-49,57,61H,16-17,20-26,28-31H2,1-12H3/b15-13+,18-14+,33-19+,37-27+/t32-,34?,35?,36?,38?,39?,40+,41?,43?,44+,45+,46?,48?,49+,53?/m1/s1. The second kappa shape index (κ2) is 26.5. The Morgan fingerprint density at radius 3 is 2.22 bits per heavy atom. The van der Waals surface area contributed by atoms with Crippen molar-refractivity contribution in [3.63, 3.8) is 0 Å². The van der Waals surface area contributed by atoms with E-state index in [-0.39, 0.29) is 60.9 Å². The van der Waals surface area contributed by atoms with Crippen LogP contribution in [0.15, 0.2) is 47.6 Å². The first-order valence-electron chi connectivity index (χ1n) is 25.2. The fourth-order valence-corrected chi connectivity index (χ4v) is 11.4. The normalized spacial score (nSPS) is 39.0. The lowest BCUT2D eigenvalue weighted by Crippen LogP contribution is -2.61.